The van der Waals surface area contributed by atoms with E-state index in [-0.39, 0.29) is 11.9 Å². The van der Waals surface area contributed by atoms with Gasteiger partial charge in [0.25, 0.3) is 0 Å². The smallest absolute Gasteiger partial charge is 0.242 e. The molecule has 0 aromatic carbocycles. The summed E-state index contributed by atoms with van der Waals surface area (Å²) in [5, 5.41) is 4.89. The Bertz CT molecular complexity index is 327. The van der Waals surface area contributed by atoms with Gasteiger partial charge in [0.05, 0.1) is 0 Å². The zero-order valence-electron chi connectivity index (χ0n) is 10.3. The third-order valence-corrected chi connectivity index (χ3v) is 4.31. The minimum atomic E-state index is -0.531. The van der Waals surface area contributed by atoms with Crippen molar-refractivity contribution in [2.45, 2.75) is 32.4 Å². The van der Waals surface area contributed by atoms with Crippen molar-refractivity contribution in [1.29, 1.82) is 0 Å². The van der Waals surface area contributed by atoms with Crippen LogP contribution in [-0.2, 0) is 4.79 Å². The maximum absolute atomic E-state index is 11.8. The molecule has 1 aromatic rings. The zero-order chi connectivity index (χ0) is 12.7. The van der Waals surface area contributed by atoms with Crippen LogP contribution in [0.1, 0.15) is 31.2 Å². The van der Waals surface area contributed by atoms with Crippen molar-refractivity contribution in [2.24, 2.45) is 5.73 Å². The molecule has 1 amide bonds. The summed E-state index contributed by atoms with van der Waals surface area (Å²) in [6.07, 6.45) is 0.988. The summed E-state index contributed by atoms with van der Waals surface area (Å²) < 4.78 is 0. The molecule has 3 N–H and O–H groups in total. The first-order valence-electron chi connectivity index (χ1n) is 5.82. The molecule has 0 saturated heterocycles. The molecule has 96 valence electrons. The lowest BCUT2D eigenvalue weighted by Crippen LogP contribution is -2.39. The van der Waals surface area contributed by atoms with Crippen LogP contribution in [0.5, 0.6) is 0 Å². The van der Waals surface area contributed by atoms with Gasteiger partial charge >= 0.3 is 0 Å². The average molecular weight is 272 g/mol. The van der Waals surface area contributed by atoms with E-state index in [2.05, 4.69) is 12.2 Å². The number of thiophene rings is 1. The normalized spacial score (nSPS) is 14.3. The van der Waals surface area contributed by atoms with Gasteiger partial charge in [0.15, 0.2) is 0 Å². The van der Waals surface area contributed by atoms with Gasteiger partial charge in [0, 0.05) is 10.9 Å². The van der Waals surface area contributed by atoms with Crippen molar-refractivity contribution >= 4 is 29.0 Å². The summed E-state index contributed by atoms with van der Waals surface area (Å²) >= 11 is 3.41. The van der Waals surface area contributed by atoms with Gasteiger partial charge in [-0.1, -0.05) is 13.0 Å². The summed E-state index contributed by atoms with van der Waals surface area (Å²) in [4.78, 5) is 12.8. The Labute approximate surface area is 111 Å². The molecule has 0 aliphatic heterocycles. The molecule has 1 rings (SSSR count). The van der Waals surface area contributed by atoms with Crippen molar-refractivity contribution in [3.63, 3.8) is 0 Å². The molecule has 0 bridgehead atoms. The molecular weight excluding hydrogens is 252 g/mol. The fourth-order valence-corrected chi connectivity index (χ4v) is 2.94. The number of nitrogens with one attached hydrogen (secondary N) is 1. The topological polar surface area (TPSA) is 55.1 Å². The molecule has 1 heterocycles. The monoisotopic (exact) mass is 272 g/mol. The molecule has 5 heteroatoms. The van der Waals surface area contributed by atoms with E-state index in [1.807, 2.05) is 36.2 Å². The summed E-state index contributed by atoms with van der Waals surface area (Å²) in [5.74, 6) is 2.11. The van der Waals surface area contributed by atoms with Crippen molar-refractivity contribution < 1.29 is 4.79 Å². The van der Waals surface area contributed by atoms with E-state index in [4.69, 9.17) is 5.73 Å². The highest BCUT2D eigenvalue weighted by Gasteiger charge is 2.18. The minimum Gasteiger partial charge on any atom is -0.352 e. The van der Waals surface area contributed by atoms with Gasteiger partial charge < -0.3 is 11.1 Å². The lowest BCUT2D eigenvalue weighted by Gasteiger charge is -2.16. The molecule has 2 atom stereocenters. The molecule has 0 aliphatic carbocycles. The van der Waals surface area contributed by atoms with Gasteiger partial charge in [-0.25, -0.2) is 0 Å². The maximum atomic E-state index is 11.8. The minimum absolute atomic E-state index is 0.0820. The van der Waals surface area contributed by atoms with Crippen molar-refractivity contribution in [3.8, 4) is 0 Å². The maximum Gasteiger partial charge on any atom is 0.242 e. The second kappa shape index (κ2) is 7.74. The van der Waals surface area contributed by atoms with Gasteiger partial charge in [-0.15, -0.1) is 11.3 Å². The third kappa shape index (κ3) is 5.10. The number of thioether (sulfide) groups is 1. The van der Waals surface area contributed by atoms with Crippen LogP contribution >= 0.6 is 23.1 Å². The summed E-state index contributed by atoms with van der Waals surface area (Å²) in [5.41, 5.74) is 5.88. The highest BCUT2D eigenvalue weighted by molar-refractivity contribution is 7.99. The zero-order valence-corrected chi connectivity index (χ0v) is 11.9. The fraction of sp³-hybridized carbons (Fsp3) is 0.583. The highest BCUT2D eigenvalue weighted by atomic mass is 32.2. The summed E-state index contributed by atoms with van der Waals surface area (Å²) in [7, 11) is 0. The quantitative estimate of drug-likeness (QED) is 0.749. The van der Waals surface area contributed by atoms with Crippen molar-refractivity contribution in [1.82, 2.24) is 5.32 Å². The number of amides is 1. The molecule has 0 fully saturated rings. The van der Waals surface area contributed by atoms with Gasteiger partial charge in [0.1, 0.15) is 6.04 Å². The van der Waals surface area contributed by atoms with E-state index < -0.39 is 6.04 Å². The average Bonchev–Trinajstić information content (AvgIpc) is 2.81. The van der Waals surface area contributed by atoms with Crippen LogP contribution in [0, 0.1) is 0 Å². The Morgan fingerprint density at radius 3 is 3.00 bits per heavy atom. The molecule has 2 unspecified atom stereocenters. The largest absolute Gasteiger partial charge is 0.352 e. The van der Waals surface area contributed by atoms with Crippen LogP contribution in [0.15, 0.2) is 17.5 Å². The molecule has 3 nitrogen and oxygen atoms in total. The molecular formula is C12H20N2OS2. The predicted octanol–water partition coefficient (Wildman–Crippen LogP) is 2.40. The summed E-state index contributed by atoms with van der Waals surface area (Å²) in [6.45, 7) is 4.16. The number of hydrogen-bond donors (Lipinski definition) is 2. The lowest BCUT2D eigenvalue weighted by atomic mass is 10.2. The first-order valence-corrected chi connectivity index (χ1v) is 7.85. The van der Waals surface area contributed by atoms with Gasteiger partial charge in [0.2, 0.25) is 5.91 Å². The Kier molecular flexibility index (Phi) is 6.62. The molecule has 1 aromatic heterocycles. The molecule has 0 saturated carbocycles. The van der Waals surface area contributed by atoms with Crippen molar-refractivity contribution in [2.75, 3.05) is 11.5 Å². The Morgan fingerprint density at radius 1 is 1.65 bits per heavy atom. The van der Waals surface area contributed by atoms with Crippen LogP contribution in [0.3, 0.4) is 0 Å². The van der Waals surface area contributed by atoms with Crippen LogP contribution in [0.4, 0.5) is 0 Å². The van der Waals surface area contributed by atoms with E-state index >= 15 is 0 Å². The van der Waals surface area contributed by atoms with E-state index in [0.717, 1.165) is 22.8 Å². The van der Waals surface area contributed by atoms with E-state index in [1.165, 1.54) is 11.3 Å². The van der Waals surface area contributed by atoms with Gasteiger partial charge in [-0.05, 0) is 36.3 Å². The second-order valence-electron chi connectivity index (χ2n) is 3.89. The van der Waals surface area contributed by atoms with E-state index in [0.29, 0.717) is 0 Å². The van der Waals surface area contributed by atoms with Crippen LogP contribution in [-0.4, -0.2) is 23.5 Å². The van der Waals surface area contributed by atoms with Gasteiger partial charge in [-0.2, -0.15) is 11.8 Å². The Morgan fingerprint density at radius 2 is 2.41 bits per heavy atom. The van der Waals surface area contributed by atoms with Gasteiger partial charge in [-0.3, -0.25) is 4.79 Å². The molecule has 17 heavy (non-hydrogen) atoms. The summed E-state index contributed by atoms with van der Waals surface area (Å²) in [6, 6.07) is 3.46. The number of rotatable bonds is 7. The first kappa shape index (κ1) is 14.5. The molecule has 0 radical (unpaired) electrons. The fourth-order valence-electron chi connectivity index (χ4n) is 1.41. The number of nitrogens with two attached hydrogens (primary N) is 1. The van der Waals surface area contributed by atoms with E-state index in [9.17, 15) is 4.79 Å². The van der Waals surface area contributed by atoms with Crippen LogP contribution in [0.2, 0.25) is 0 Å². The van der Waals surface area contributed by atoms with Crippen LogP contribution in [0.25, 0.3) is 0 Å². The Hall–Kier alpha value is -0.520. The van der Waals surface area contributed by atoms with E-state index in [1.54, 1.807) is 0 Å². The third-order valence-electron chi connectivity index (χ3n) is 2.42. The highest BCUT2D eigenvalue weighted by Crippen LogP contribution is 2.17. The predicted molar refractivity (Wildman–Crippen MR) is 76.5 cm³/mol. The SMILES string of the molecule is CCSCCC(C)NC(=O)C(N)c1cccs1. The second-order valence-corrected chi connectivity index (χ2v) is 6.26. The number of carbonyl (C=O) groups excluding carboxylic acids is 1. The first-order chi connectivity index (χ1) is 8.15. The number of carbonyl (C=O) groups is 1. The lowest BCUT2D eigenvalue weighted by molar-refractivity contribution is -0.123. The van der Waals surface area contributed by atoms with Crippen LogP contribution < -0.4 is 11.1 Å². The standard InChI is InChI=1S/C12H20N2OS2/c1-3-16-8-6-9(2)14-12(15)11(13)10-5-4-7-17-10/h4-5,7,9,11H,3,6,8,13H2,1-2H3,(H,14,15). The molecule has 0 aliphatic rings. The Balaban J connectivity index is 2.33. The molecule has 0 spiro atoms. The van der Waals surface area contributed by atoms with Crippen molar-refractivity contribution in [3.05, 3.63) is 22.4 Å². The number of hydrogen-bond acceptors (Lipinski definition) is 4.